The zero-order valence-electron chi connectivity index (χ0n) is 36.1. The second-order valence-corrected chi connectivity index (χ2v) is 28.9. The molecule has 1 fully saturated rings. The van der Waals surface area contributed by atoms with Gasteiger partial charge >= 0.3 is 260 Å². The zero-order valence-corrected chi connectivity index (χ0v) is 38.5. The summed E-state index contributed by atoms with van der Waals surface area (Å²) in [5.41, 5.74) is 18.2. The molecule has 3 heteroatoms. The van der Waals surface area contributed by atoms with Crippen LogP contribution in [0.1, 0.15) is 74.0 Å². The molecule has 1 heterocycles. The molecular formula is C58H52O2Zr. The SMILES string of the molecule is Cc1cc(C2=Cc3ccccc3[CH]2[Zr+2]2([CH]3C(c4cc(C)cc5ccccc45)=Cc4ccccc43)[CH2][CH2]2)c2ccccc2c1.Cc1cccc(C)c1[O-].Cc1cccc(C)c1[O-]. The van der Waals surface area contributed by atoms with Gasteiger partial charge in [0.2, 0.25) is 0 Å². The van der Waals surface area contributed by atoms with Crippen LogP contribution < -0.4 is 10.2 Å². The van der Waals surface area contributed by atoms with Gasteiger partial charge in [-0.2, -0.15) is 0 Å². The third-order valence-electron chi connectivity index (χ3n) is 13.3. The molecule has 0 N–H and O–H groups in total. The first kappa shape index (κ1) is 40.6. The summed E-state index contributed by atoms with van der Waals surface area (Å²) in [6, 6.07) is 57.5. The van der Waals surface area contributed by atoms with Crippen molar-refractivity contribution in [3.8, 4) is 11.5 Å². The van der Waals surface area contributed by atoms with Gasteiger partial charge < -0.3 is 10.2 Å². The molecule has 8 aromatic carbocycles. The first-order valence-corrected chi connectivity index (χ1v) is 27.9. The summed E-state index contributed by atoms with van der Waals surface area (Å²) in [5, 5.41) is 27.4. The van der Waals surface area contributed by atoms with E-state index in [1.165, 1.54) is 63.2 Å². The molecule has 61 heavy (non-hydrogen) atoms. The monoisotopic (exact) mass is 870 g/mol. The molecule has 1 saturated heterocycles. The fourth-order valence-corrected chi connectivity index (χ4v) is 27.4. The van der Waals surface area contributed by atoms with Crippen LogP contribution in [0.3, 0.4) is 0 Å². The molecule has 2 unspecified atom stereocenters. The van der Waals surface area contributed by atoms with E-state index in [4.69, 9.17) is 0 Å². The van der Waals surface area contributed by atoms with E-state index in [2.05, 4.69) is 147 Å². The van der Waals surface area contributed by atoms with Crippen LogP contribution >= 0.6 is 0 Å². The Balaban J connectivity index is 0.000000219. The van der Waals surface area contributed by atoms with Gasteiger partial charge in [-0.05, 0) is 27.7 Å². The van der Waals surface area contributed by atoms with Crippen LogP contribution in [0, 0.1) is 41.5 Å². The minimum absolute atomic E-state index is 0.164. The second kappa shape index (κ2) is 16.6. The number of rotatable bonds is 4. The molecule has 2 aliphatic carbocycles. The fraction of sp³-hybridized carbons (Fsp3) is 0.172. The van der Waals surface area contributed by atoms with Gasteiger partial charge in [0.15, 0.2) is 0 Å². The average Bonchev–Trinajstić information content (AvgIpc) is 3.79. The van der Waals surface area contributed by atoms with E-state index in [0.29, 0.717) is 7.25 Å². The number of hydrogen-bond acceptors (Lipinski definition) is 2. The van der Waals surface area contributed by atoms with Crippen molar-refractivity contribution in [1.29, 1.82) is 0 Å². The molecule has 300 valence electrons. The molecule has 0 amide bonds. The molecule has 1 aliphatic heterocycles. The molecule has 2 nitrogen and oxygen atoms in total. The predicted molar refractivity (Wildman–Crippen MR) is 252 cm³/mol. The number of benzene rings is 8. The van der Waals surface area contributed by atoms with Gasteiger partial charge in [-0.3, -0.25) is 0 Å². The van der Waals surface area contributed by atoms with Crippen molar-refractivity contribution < 1.29 is 30.5 Å². The van der Waals surface area contributed by atoms with Crippen molar-refractivity contribution in [1.82, 2.24) is 0 Å². The third kappa shape index (κ3) is 7.64. The van der Waals surface area contributed by atoms with E-state index in [1.54, 1.807) is 22.3 Å². The van der Waals surface area contributed by atoms with Crippen LogP contribution in [0.15, 0.2) is 158 Å². The Hall–Kier alpha value is -5.76. The molecule has 3 aliphatic rings. The number of fused-ring (bicyclic) bond motifs is 4. The molecule has 0 spiro atoms. The Morgan fingerprint density at radius 1 is 0.410 bits per heavy atom. The van der Waals surface area contributed by atoms with Gasteiger partial charge in [-0.1, -0.05) is 58.7 Å². The summed E-state index contributed by atoms with van der Waals surface area (Å²) in [7, 11) is 0. The van der Waals surface area contributed by atoms with Gasteiger partial charge in [0.1, 0.15) is 0 Å². The molecule has 2 atom stereocenters. The second-order valence-electron chi connectivity index (χ2n) is 17.6. The van der Waals surface area contributed by atoms with E-state index in [0.717, 1.165) is 22.3 Å². The molecule has 0 radical (unpaired) electrons. The smallest absolute Gasteiger partial charge is 0.0404 e. The largest absolute Gasteiger partial charge is 0.872 e. The number of aryl methyl sites for hydroxylation is 6. The van der Waals surface area contributed by atoms with E-state index in [9.17, 15) is 10.2 Å². The topological polar surface area (TPSA) is 46.1 Å². The van der Waals surface area contributed by atoms with Crippen LogP contribution in [-0.4, -0.2) is 0 Å². The minimum Gasteiger partial charge on any atom is -0.872 e. The van der Waals surface area contributed by atoms with E-state index in [1.807, 2.05) is 64.1 Å². The van der Waals surface area contributed by atoms with Crippen molar-refractivity contribution >= 4 is 44.8 Å². The Morgan fingerprint density at radius 2 is 0.770 bits per heavy atom. The van der Waals surface area contributed by atoms with Crippen molar-refractivity contribution in [2.75, 3.05) is 0 Å². The Bertz CT molecular complexity index is 2790. The molecule has 0 bridgehead atoms. The number of hydrogen-bond donors (Lipinski definition) is 0. The average molecular weight is 872 g/mol. The summed E-state index contributed by atoms with van der Waals surface area (Å²) in [6.45, 7) is 11.8. The predicted octanol–water partition coefficient (Wildman–Crippen LogP) is 14.3. The van der Waals surface area contributed by atoms with Gasteiger partial charge in [-0.15, -0.1) is 11.5 Å². The van der Waals surface area contributed by atoms with Gasteiger partial charge in [0.25, 0.3) is 0 Å². The van der Waals surface area contributed by atoms with Gasteiger partial charge in [0, 0.05) is 0 Å². The number of allylic oxidation sites excluding steroid dienone is 2. The standard InChI is InChI=1S/2C20H15.2C8H10O.C2H4.Zr/c2*1-14-10-17-8-4-5-9-19(17)20(11-14)18-12-15-6-2-3-7-16(15)13-18;2*1-6-4-3-5-7(2)8(6)9;1-2;/h2*2-13H,1H3;2*3-5,9H,1-2H3;1-2H2;/q;;;;;+2/p-2. The summed E-state index contributed by atoms with van der Waals surface area (Å²) in [4.78, 5) is 0. The molecule has 0 saturated carbocycles. The van der Waals surface area contributed by atoms with Crippen LogP contribution in [0.2, 0.25) is 8.26 Å². The van der Waals surface area contributed by atoms with Crippen LogP contribution in [-0.2, 0) is 20.3 Å². The number of para-hydroxylation sites is 2. The fourth-order valence-electron chi connectivity index (χ4n) is 10.2. The van der Waals surface area contributed by atoms with Crippen LogP contribution in [0.25, 0.3) is 44.8 Å². The third-order valence-corrected chi connectivity index (χ3v) is 26.1. The Labute approximate surface area is 366 Å². The summed E-state index contributed by atoms with van der Waals surface area (Å²) >= 11 is -2.97. The van der Waals surface area contributed by atoms with Crippen molar-refractivity contribution in [2.45, 2.75) is 57.1 Å². The summed E-state index contributed by atoms with van der Waals surface area (Å²) in [5.74, 6) is 0.329. The summed E-state index contributed by atoms with van der Waals surface area (Å²) in [6.07, 6.45) is 5.15. The molecule has 11 rings (SSSR count). The zero-order chi connectivity index (χ0) is 42.4. The normalized spacial score (nSPS) is 16.2. The maximum atomic E-state index is 11.0. The Kier molecular flexibility index (Phi) is 11.1. The van der Waals surface area contributed by atoms with Gasteiger partial charge in [-0.25, -0.2) is 0 Å². The molecule has 0 aromatic heterocycles. The molecule has 8 aromatic rings. The van der Waals surface area contributed by atoms with Crippen molar-refractivity contribution in [3.63, 3.8) is 0 Å². The van der Waals surface area contributed by atoms with Crippen molar-refractivity contribution in [3.05, 3.63) is 224 Å². The van der Waals surface area contributed by atoms with Gasteiger partial charge in [0.05, 0.1) is 0 Å². The minimum atomic E-state index is -2.97. The first-order chi connectivity index (χ1) is 29.5. The quantitative estimate of drug-likeness (QED) is 0.177. The van der Waals surface area contributed by atoms with E-state index >= 15 is 0 Å². The van der Waals surface area contributed by atoms with Crippen molar-refractivity contribution in [2.24, 2.45) is 0 Å². The molecular weight excluding hydrogens is 820 g/mol. The Morgan fingerprint density at radius 3 is 1.15 bits per heavy atom. The van der Waals surface area contributed by atoms with E-state index < -0.39 is 20.3 Å². The maximum Gasteiger partial charge on any atom is -0.0404 e. The van der Waals surface area contributed by atoms with Crippen LogP contribution in [0.4, 0.5) is 0 Å². The maximum absolute atomic E-state index is 11.0. The summed E-state index contributed by atoms with van der Waals surface area (Å²) < 4.78 is 3.97. The van der Waals surface area contributed by atoms with E-state index in [-0.39, 0.29) is 11.5 Å². The first-order valence-electron chi connectivity index (χ1n) is 21.6. The van der Waals surface area contributed by atoms with Crippen LogP contribution in [0.5, 0.6) is 11.5 Å².